The first-order chi connectivity index (χ1) is 8.47. The second-order valence-corrected chi connectivity index (χ2v) is 4.11. The number of carbonyl (C=O) groups excluding carboxylic acids is 2. The Kier molecular flexibility index (Phi) is 5.17. The van der Waals surface area contributed by atoms with Crippen LogP contribution in [0.4, 0.5) is 4.79 Å². The van der Waals surface area contributed by atoms with Crippen molar-refractivity contribution in [2.24, 2.45) is 0 Å². The van der Waals surface area contributed by atoms with Crippen LogP contribution in [-0.2, 0) is 16.1 Å². The van der Waals surface area contributed by atoms with Crippen LogP contribution in [0.5, 0.6) is 5.75 Å². The van der Waals surface area contributed by atoms with Crippen molar-refractivity contribution >= 4 is 12.1 Å². The van der Waals surface area contributed by atoms with Crippen LogP contribution in [0.15, 0.2) is 24.3 Å². The molecule has 0 fully saturated rings. The third kappa shape index (κ3) is 5.34. The summed E-state index contributed by atoms with van der Waals surface area (Å²) < 4.78 is 9.89. The smallest absolute Gasteiger partial charge is 0.407 e. The molecular formula is C13H17NO4. The van der Waals surface area contributed by atoms with Crippen molar-refractivity contribution in [3.05, 3.63) is 29.8 Å². The topological polar surface area (TPSA) is 64.6 Å². The van der Waals surface area contributed by atoms with Gasteiger partial charge >= 0.3 is 12.1 Å². The van der Waals surface area contributed by atoms with E-state index in [-0.39, 0.29) is 18.6 Å². The summed E-state index contributed by atoms with van der Waals surface area (Å²) >= 11 is 0. The van der Waals surface area contributed by atoms with Crippen molar-refractivity contribution in [3.8, 4) is 5.75 Å². The maximum atomic E-state index is 11.2. The molecule has 0 saturated carbocycles. The van der Waals surface area contributed by atoms with Crippen LogP contribution in [0.2, 0.25) is 0 Å². The molecular weight excluding hydrogens is 234 g/mol. The minimum absolute atomic E-state index is 0.0452. The molecule has 1 aromatic rings. The van der Waals surface area contributed by atoms with Crippen LogP contribution >= 0.6 is 0 Å². The zero-order valence-corrected chi connectivity index (χ0v) is 10.7. The predicted octanol–water partition coefficient (Wildman–Crippen LogP) is 2.25. The molecule has 1 N–H and O–H groups in total. The Labute approximate surface area is 106 Å². The number of hydrogen-bond donors (Lipinski definition) is 1. The van der Waals surface area contributed by atoms with E-state index in [0.717, 1.165) is 5.56 Å². The van der Waals surface area contributed by atoms with Gasteiger partial charge in [0.05, 0.1) is 0 Å². The second-order valence-electron chi connectivity index (χ2n) is 4.11. The normalized spacial score (nSPS) is 10.0. The fourth-order valence-electron chi connectivity index (χ4n) is 1.25. The predicted molar refractivity (Wildman–Crippen MR) is 66.2 cm³/mol. The lowest BCUT2D eigenvalue weighted by molar-refractivity contribution is -0.131. The number of amides is 1. The average Bonchev–Trinajstić information content (AvgIpc) is 2.26. The molecule has 0 heterocycles. The van der Waals surface area contributed by atoms with E-state index in [0.29, 0.717) is 5.75 Å². The molecule has 0 aromatic heterocycles. The van der Waals surface area contributed by atoms with Crippen molar-refractivity contribution in [3.63, 3.8) is 0 Å². The number of carbonyl (C=O) groups is 2. The third-order valence-electron chi connectivity index (χ3n) is 1.96. The molecule has 1 aromatic carbocycles. The zero-order chi connectivity index (χ0) is 13.5. The maximum Gasteiger partial charge on any atom is 0.407 e. The minimum Gasteiger partial charge on any atom is -0.445 e. The Morgan fingerprint density at radius 3 is 2.33 bits per heavy atom. The van der Waals surface area contributed by atoms with Gasteiger partial charge in [-0.3, -0.25) is 4.79 Å². The average molecular weight is 251 g/mol. The number of alkyl carbamates (subject to hydrolysis) is 1. The summed E-state index contributed by atoms with van der Waals surface area (Å²) in [6.07, 6.45) is -0.450. The van der Waals surface area contributed by atoms with Gasteiger partial charge in [0.25, 0.3) is 0 Å². The third-order valence-corrected chi connectivity index (χ3v) is 1.96. The Hall–Kier alpha value is -2.04. The van der Waals surface area contributed by atoms with Crippen molar-refractivity contribution in [2.75, 3.05) is 0 Å². The van der Waals surface area contributed by atoms with E-state index in [1.807, 2.05) is 13.8 Å². The van der Waals surface area contributed by atoms with Crippen molar-refractivity contribution in [1.82, 2.24) is 5.32 Å². The molecule has 0 aliphatic heterocycles. The second kappa shape index (κ2) is 6.64. The van der Waals surface area contributed by atoms with Gasteiger partial charge in [0.15, 0.2) is 0 Å². The number of ether oxygens (including phenoxy) is 2. The lowest BCUT2D eigenvalue weighted by Crippen LogP contribution is -2.30. The first-order valence-electron chi connectivity index (χ1n) is 5.68. The summed E-state index contributed by atoms with van der Waals surface area (Å²) in [7, 11) is 0. The van der Waals surface area contributed by atoms with Gasteiger partial charge < -0.3 is 14.8 Å². The van der Waals surface area contributed by atoms with Crippen LogP contribution in [0.1, 0.15) is 26.3 Å². The highest BCUT2D eigenvalue weighted by Crippen LogP contribution is 2.13. The number of rotatable bonds is 4. The number of hydrogen-bond acceptors (Lipinski definition) is 4. The highest BCUT2D eigenvalue weighted by Gasteiger charge is 2.04. The van der Waals surface area contributed by atoms with Crippen LogP contribution in [0.3, 0.4) is 0 Å². The molecule has 0 aliphatic rings. The lowest BCUT2D eigenvalue weighted by Gasteiger charge is -2.09. The van der Waals surface area contributed by atoms with Crippen LogP contribution < -0.4 is 10.1 Å². The SMILES string of the molecule is CC(=O)Oc1ccc(COC(=O)NC(C)C)cc1. The first-order valence-corrected chi connectivity index (χ1v) is 5.68. The van der Waals surface area contributed by atoms with Gasteiger partial charge in [0.2, 0.25) is 0 Å². The van der Waals surface area contributed by atoms with Crippen LogP contribution in [-0.4, -0.2) is 18.1 Å². The van der Waals surface area contributed by atoms with E-state index in [1.165, 1.54) is 6.92 Å². The van der Waals surface area contributed by atoms with Gasteiger partial charge in [-0.1, -0.05) is 12.1 Å². The van der Waals surface area contributed by atoms with Gasteiger partial charge in [-0.15, -0.1) is 0 Å². The zero-order valence-electron chi connectivity index (χ0n) is 10.7. The monoisotopic (exact) mass is 251 g/mol. The van der Waals surface area contributed by atoms with Gasteiger partial charge in [0, 0.05) is 13.0 Å². The summed E-state index contributed by atoms with van der Waals surface area (Å²) in [5, 5.41) is 2.62. The number of esters is 1. The molecule has 1 rings (SSSR count). The highest BCUT2D eigenvalue weighted by molar-refractivity contribution is 5.69. The molecule has 0 saturated heterocycles. The summed E-state index contributed by atoms with van der Waals surface area (Å²) in [6.45, 7) is 5.23. The molecule has 98 valence electrons. The van der Waals surface area contributed by atoms with Gasteiger partial charge in [-0.2, -0.15) is 0 Å². The van der Waals surface area contributed by atoms with Gasteiger partial charge in [0.1, 0.15) is 12.4 Å². The summed E-state index contributed by atoms with van der Waals surface area (Å²) in [6, 6.07) is 6.83. The molecule has 1 amide bonds. The van der Waals surface area contributed by atoms with E-state index in [9.17, 15) is 9.59 Å². The molecule has 5 heteroatoms. The van der Waals surface area contributed by atoms with E-state index in [2.05, 4.69) is 5.32 Å². The van der Waals surface area contributed by atoms with Gasteiger partial charge in [-0.25, -0.2) is 4.79 Å². The summed E-state index contributed by atoms with van der Waals surface area (Å²) in [5.74, 6) is 0.105. The quantitative estimate of drug-likeness (QED) is 0.658. The molecule has 0 bridgehead atoms. The molecule has 0 radical (unpaired) electrons. The van der Waals surface area contributed by atoms with E-state index in [4.69, 9.17) is 9.47 Å². The van der Waals surface area contributed by atoms with Crippen LogP contribution in [0, 0.1) is 0 Å². The molecule has 0 spiro atoms. The maximum absolute atomic E-state index is 11.2. The Bertz CT molecular complexity index is 412. The highest BCUT2D eigenvalue weighted by atomic mass is 16.5. The molecule has 5 nitrogen and oxygen atoms in total. The Balaban J connectivity index is 2.44. The van der Waals surface area contributed by atoms with Crippen molar-refractivity contribution < 1.29 is 19.1 Å². The summed E-state index contributed by atoms with van der Waals surface area (Å²) in [4.78, 5) is 22.0. The van der Waals surface area contributed by atoms with E-state index < -0.39 is 6.09 Å². The Morgan fingerprint density at radius 1 is 1.22 bits per heavy atom. The molecule has 0 aliphatic carbocycles. The van der Waals surface area contributed by atoms with Crippen molar-refractivity contribution in [1.29, 1.82) is 0 Å². The van der Waals surface area contributed by atoms with Crippen molar-refractivity contribution in [2.45, 2.75) is 33.4 Å². The van der Waals surface area contributed by atoms with E-state index in [1.54, 1.807) is 24.3 Å². The summed E-state index contributed by atoms with van der Waals surface area (Å²) in [5.41, 5.74) is 0.824. The molecule has 0 unspecified atom stereocenters. The molecule has 18 heavy (non-hydrogen) atoms. The first kappa shape index (κ1) is 14.0. The minimum atomic E-state index is -0.450. The van der Waals surface area contributed by atoms with Gasteiger partial charge in [-0.05, 0) is 31.5 Å². The number of nitrogens with one attached hydrogen (secondary N) is 1. The van der Waals surface area contributed by atoms with E-state index >= 15 is 0 Å². The lowest BCUT2D eigenvalue weighted by atomic mass is 10.2. The fraction of sp³-hybridized carbons (Fsp3) is 0.385. The standard InChI is InChI=1S/C13H17NO4/c1-9(2)14-13(16)17-8-11-4-6-12(7-5-11)18-10(3)15/h4-7,9H,8H2,1-3H3,(H,14,16). The number of benzene rings is 1. The molecule has 0 atom stereocenters. The largest absolute Gasteiger partial charge is 0.445 e. The van der Waals surface area contributed by atoms with Crippen LogP contribution in [0.25, 0.3) is 0 Å². The fourth-order valence-corrected chi connectivity index (χ4v) is 1.25. The Morgan fingerprint density at radius 2 is 1.83 bits per heavy atom.